The quantitative estimate of drug-likeness (QED) is 0.167. The Labute approximate surface area is 360 Å². The summed E-state index contributed by atoms with van der Waals surface area (Å²) in [6.07, 6.45) is 3.62. The van der Waals surface area contributed by atoms with Gasteiger partial charge in [-0.1, -0.05) is 127 Å². The van der Waals surface area contributed by atoms with Crippen LogP contribution in [0.25, 0.3) is 122 Å². The Morgan fingerprint density at radius 2 is 0.857 bits per heavy atom. The number of pyridine rings is 1. The van der Waals surface area contributed by atoms with Gasteiger partial charge in [-0.05, 0) is 77.9 Å². The molecule has 0 saturated heterocycles. The van der Waals surface area contributed by atoms with Crippen LogP contribution in [-0.2, 0) is 0 Å². The molecule has 0 unspecified atom stereocenters. The summed E-state index contributed by atoms with van der Waals surface area (Å²) in [7, 11) is 0. The summed E-state index contributed by atoms with van der Waals surface area (Å²) in [6, 6.07) is 67.9. The minimum atomic E-state index is 0.517. The first kappa shape index (κ1) is 35.1. The van der Waals surface area contributed by atoms with E-state index in [2.05, 4.69) is 172 Å². The zero-order valence-corrected chi connectivity index (χ0v) is 33.7. The van der Waals surface area contributed by atoms with Gasteiger partial charge in [0.25, 0.3) is 0 Å². The number of nitrogens with zero attached hydrogens (tertiary/aromatic N) is 6. The van der Waals surface area contributed by atoms with Crippen LogP contribution in [0.2, 0.25) is 0 Å². The van der Waals surface area contributed by atoms with Crippen molar-refractivity contribution in [1.29, 1.82) is 0 Å². The van der Waals surface area contributed by atoms with Gasteiger partial charge < -0.3 is 13.6 Å². The van der Waals surface area contributed by atoms with Gasteiger partial charge in [0.1, 0.15) is 5.58 Å². The number of furan rings is 1. The summed E-state index contributed by atoms with van der Waals surface area (Å²) >= 11 is 0. The molecule has 0 N–H and O–H groups in total. The van der Waals surface area contributed by atoms with Crippen LogP contribution in [0.5, 0.6) is 0 Å². The lowest BCUT2D eigenvalue weighted by molar-refractivity contribution is 0.667. The van der Waals surface area contributed by atoms with Gasteiger partial charge in [-0.2, -0.15) is 0 Å². The van der Waals surface area contributed by atoms with E-state index >= 15 is 0 Å². The molecule has 0 saturated carbocycles. The second-order valence-corrected chi connectivity index (χ2v) is 15.9. The van der Waals surface area contributed by atoms with Crippen LogP contribution in [-0.4, -0.2) is 29.1 Å². The zero-order valence-electron chi connectivity index (χ0n) is 33.7. The molecule has 0 aliphatic carbocycles. The Kier molecular flexibility index (Phi) is 7.77. The number of para-hydroxylation sites is 4. The van der Waals surface area contributed by atoms with E-state index in [1.54, 1.807) is 6.20 Å². The molecular formula is C56H34N6O. The van der Waals surface area contributed by atoms with Crippen molar-refractivity contribution >= 4 is 65.6 Å². The Morgan fingerprint density at radius 1 is 0.333 bits per heavy atom. The van der Waals surface area contributed by atoms with Crippen LogP contribution < -0.4 is 0 Å². The maximum absolute atomic E-state index is 6.51. The largest absolute Gasteiger partial charge is 0.454 e. The molecule has 13 rings (SSSR count). The van der Waals surface area contributed by atoms with E-state index in [1.165, 1.54) is 21.7 Å². The first-order valence-corrected chi connectivity index (χ1v) is 21.0. The van der Waals surface area contributed by atoms with Crippen molar-refractivity contribution < 1.29 is 4.42 Å². The molecule has 0 atom stereocenters. The van der Waals surface area contributed by atoms with E-state index in [9.17, 15) is 0 Å². The average molecular weight is 807 g/mol. The molecule has 7 nitrogen and oxygen atoms in total. The number of benzene rings is 8. The van der Waals surface area contributed by atoms with E-state index in [4.69, 9.17) is 19.4 Å². The van der Waals surface area contributed by atoms with Gasteiger partial charge in [0, 0.05) is 66.6 Å². The smallest absolute Gasteiger partial charge is 0.166 e. The molecule has 0 fully saturated rings. The second kappa shape index (κ2) is 13.9. The number of fused-ring (bicyclic) bond motifs is 9. The Morgan fingerprint density at radius 3 is 1.57 bits per heavy atom. The minimum absolute atomic E-state index is 0.517. The summed E-state index contributed by atoms with van der Waals surface area (Å²) in [6.45, 7) is 0. The molecule has 0 bridgehead atoms. The highest BCUT2D eigenvalue weighted by molar-refractivity contribution is 6.14. The summed E-state index contributed by atoms with van der Waals surface area (Å²) in [5, 5.41) is 6.62. The van der Waals surface area contributed by atoms with Crippen molar-refractivity contribution in [2.45, 2.75) is 0 Å². The third kappa shape index (κ3) is 5.60. The third-order valence-electron chi connectivity index (χ3n) is 12.3. The minimum Gasteiger partial charge on any atom is -0.454 e. The number of rotatable bonds is 6. The fourth-order valence-corrected chi connectivity index (χ4v) is 9.39. The van der Waals surface area contributed by atoms with Crippen LogP contribution in [0.3, 0.4) is 0 Å². The lowest BCUT2D eigenvalue weighted by atomic mass is 9.99. The van der Waals surface area contributed by atoms with Crippen molar-refractivity contribution in [3.8, 4) is 56.7 Å². The van der Waals surface area contributed by atoms with Gasteiger partial charge in [-0.15, -0.1) is 0 Å². The maximum Gasteiger partial charge on any atom is 0.166 e. The predicted molar refractivity (Wildman–Crippen MR) is 255 cm³/mol. The summed E-state index contributed by atoms with van der Waals surface area (Å²) < 4.78 is 11.2. The van der Waals surface area contributed by atoms with E-state index in [0.29, 0.717) is 23.1 Å². The van der Waals surface area contributed by atoms with Crippen molar-refractivity contribution in [2.75, 3.05) is 0 Å². The third-order valence-corrected chi connectivity index (χ3v) is 12.3. The molecule has 7 heteroatoms. The van der Waals surface area contributed by atoms with Gasteiger partial charge in [0.05, 0.1) is 28.3 Å². The lowest BCUT2D eigenvalue weighted by Crippen LogP contribution is -2.01. The number of aromatic nitrogens is 6. The van der Waals surface area contributed by atoms with Gasteiger partial charge in [0.2, 0.25) is 0 Å². The lowest BCUT2D eigenvalue weighted by Gasteiger charge is -2.11. The van der Waals surface area contributed by atoms with Gasteiger partial charge in [0.15, 0.2) is 23.1 Å². The van der Waals surface area contributed by atoms with Gasteiger partial charge >= 0.3 is 0 Å². The summed E-state index contributed by atoms with van der Waals surface area (Å²) in [4.78, 5) is 20.2. The van der Waals surface area contributed by atoms with Crippen LogP contribution in [0, 0.1) is 0 Å². The Bertz CT molecular complexity index is 3910. The highest BCUT2D eigenvalue weighted by atomic mass is 16.3. The maximum atomic E-state index is 6.51. The zero-order chi connectivity index (χ0) is 41.4. The highest BCUT2D eigenvalue weighted by Gasteiger charge is 2.21. The summed E-state index contributed by atoms with van der Waals surface area (Å²) in [5.74, 6) is 1.66. The van der Waals surface area contributed by atoms with Crippen molar-refractivity contribution in [1.82, 2.24) is 29.1 Å². The molecule has 8 aromatic carbocycles. The molecule has 294 valence electrons. The topological polar surface area (TPSA) is 74.6 Å². The highest BCUT2D eigenvalue weighted by Crippen LogP contribution is 2.41. The van der Waals surface area contributed by atoms with Gasteiger partial charge in [-0.25, -0.2) is 15.0 Å². The SMILES string of the molecule is c1ccc(-c2nc(-c3ccc4c5ccccc5n(-c5ccccc5)c4c3)nc(-c3cncc4oc5ccc(-c6ccc7c(c6)c6ccccc6n7-c6ccccc6)cc5c34)n2)cc1. The fourth-order valence-electron chi connectivity index (χ4n) is 9.39. The van der Waals surface area contributed by atoms with Crippen molar-refractivity contribution in [3.05, 3.63) is 207 Å². The predicted octanol–water partition coefficient (Wildman–Crippen LogP) is 14.0. The van der Waals surface area contributed by atoms with Crippen molar-refractivity contribution in [2.24, 2.45) is 0 Å². The second-order valence-electron chi connectivity index (χ2n) is 15.9. The van der Waals surface area contributed by atoms with Crippen LogP contribution in [0.4, 0.5) is 0 Å². The van der Waals surface area contributed by atoms with E-state index in [1.807, 2.05) is 42.6 Å². The van der Waals surface area contributed by atoms with Crippen LogP contribution in [0.15, 0.2) is 211 Å². The van der Waals surface area contributed by atoms with Gasteiger partial charge in [-0.3, -0.25) is 4.98 Å². The molecule has 0 amide bonds. The molecule has 13 aromatic rings. The first-order valence-electron chi connectivity index (χ1n) is 21.0. The normalized spacial score (nSPS) is 11.8. The Hall–Kier alpha value is -8.68. The molecule has 0 radical (unpaired) electrons. The van der Waals surface area contributed by atoms with Crippen LogP contribution in [0.1, 0.15) is 0 Å². The molecule has 0 spiro atoms. The van der Waals surface area contributed by atoms with E-state index in [0.717, 1.165) is 77.5 Å². The van der Waals surface area contributed by atoms with Crippen LogP contribution >= 0.6 is 0 Å². The number of hydrogen-bond acceptors (Lipinski definition) is 5. The van der Waals surface area contributed by atoms with E-state index < -0.39 is 0 Å². The average Bonchev–Trinajstić information content (AvgIpc) is 4.01. The van der Waals surface area contributed by atoms with Crippen molar-refractivity contribution in [3.63, 3.8) is 0 Å². The van der Waals surface area contributed by atoms with E-state index in [-0.39, 0.29) is 0 Å². The molecule has 0 aliphatic rings. The standard InChI is InChI=1S/C56H34N6O/c1-4-14-35(15-5-1)54-58-55(38-24-27-43-41-20-10-12-22-47(41)62(50(43)32-38)40-18-8-3-9-19-40)60-56(59-54)46-33-57-34-52-53(46)45-31-37(26-29-51(45)63-52)36-25-28-49-44(30-36)42-21-11-13-23-48(42)61(49)39-16-6-2-7-17-39/h1-34H. The summed E-state index contributed by atoms with van der Waals surface area (Å²) in [5.41, 5.74) is 12.9. The molecule has 5 heterocycles. The monoisotopic (exact) mass is 806 g/mol. The molecule has 0 aliphatic heterocycles. The fraction of sp³-hybridized carbons (Fsp3) is 0. The number of hydrogen-bond donors (Lipinski definition) is 0. The Balaban J connectivity index is 0.993. The first-order chi connectivity index (χ1) is 31.2. The molecule has 63 heavy (non-hydrogen) atoms. The molecular weight excluding hydrogens is 773 g/mol. The molecule has 5 aromatic heterocycles.